The van der Waals surface area contributed by atoms with E-state index in [9.17, 15) is 0 Å². The van der Waals surface area contributed by atoms with Crippen molar-refractivity contribution in [2.75, 3.05) is 0 Å². The van der Waals surface area contributed by atoms with Gasteiger partial charge in [0.1, 0.15) is 0 Å². The van der Waals surface area contributed by atoms with Gasteiger partial charge in [0, 0.05) is 0 Å². The monoisotopic (exact) mass is 173 g/mol. The second kappa shape index (κ2) is 4.87. The van der Waals surface area contributed by atoms with E-state index in [1.165, 1.54) is 10.8 Å². The van der Waals surface area contributed by atoms with Crippen molar-refractivity contribution < 1.29 is 0 Å². The lowest BCUT2D eigenvalue weighted by Crippen LogP contribution is -1.67. The molecule has 0 atom stereocenters. The molecule has 0 radical (unpaired) electrons. The Hall–Kier alpha value is -1.90. The first-order chi connectivity index (χ1) is 6.38. The van der Waals surface area contributed by atoms with E-state index in [-0.39, 0.29) is 0 Å². The fourth-order valence-electron chi connectivity index (χ4n) is 1.13. The van der Waals surface area contributed by atoms with E-state index in [1.807, 2.05) is 0 Å². The number of hydrogen-bond donors (Lipinski definition) is 2. The van der Waals surface area contributed by atoms with Crippen LogP contribution in [0.3, 0.4) is 0 Å². The first-order valence-corrected chi connectivity index (χ1v) is 3.89. The third-order valence-electron chi connectivity index (χ3n) is 1.66. The van der Waals surface area contributed by atoms with Crippen LogP contribution in [0.25, 0.3) is 10.8 Å². The summed E-state index contributed by atoms with van der Waals surface area (Å²) in [7, 11) is 0. The van der Waals surface area contributed by atoms with Crippen LogP contribution in [-0.2, 0) is 0 Å². The molecular weight excluding hydrogens is 162 g/mol. The van der Waals surface area contributed by atoms with Crippen LogP contribution in [0.2, 0.25) is 0 Å². The highest BCUT2D eigenvalue weighted by Crippen LogP contribution is 2.11. The van der Waals surface area contributed by atoms with Crippen LogP contribution in [-0.4, -0.2) is 0 Å². The number of fused-ring (bicyclic) bond motifs is 1. The largest absolute Gasteiger partial charge is 0.305 e. The molecule has 3 N–H and O–H groups in total. The summed E-state index contributed by atoms with van der Waals surface area (Å²) in [4.78, 5) is 0. The van der Waals surface area contributed by atoms with E-state index in [4.69, 9.17) is 5.53 Å². The number of nitrogens with two attached hydrogens (primary N) is 1. The Morgan fingerprint density at radius 3 is 1.31 bits per heavy atom. The maximum Gasteiger partial charge on any atom is -0.0184 e. The van der Waals surface area contributed by atoms with Gasteiger partial charge in [-0.3, -0.25) is 0 Å². The van der Waals surface area contributed by atoms with E-state index < -0.39 is 0 Å². The average molecular weight is 173 g/mol. The molecule has 0 saturated carbocycles. The standard InChI is InChI=1S/C10H8.H3N3/c1-2-6-10-8-4-3-7-9(10)5-1;1-3-2/h1-8H;(H3,1,2). The predicted octanol–water partition coefficient (Wildman–Crippen LogP) is 2.73. The average Bonchev–Trinajstić information content (AvgIpc) is 2.19. The van der Waals surface area contributed by atoms with Crippen molar-refractivity contribution in [2.45, 2.75) is 0 Å². The number of nitrogens with one attached hydrogen (secondary N) is 1. The number of benzene rings is 2. The molecule has 13 heavy (non-hydrogen) atoms. The topological polar surface area (TPSA) is 62.2 Å². The molecule has 0 heterocycles. The van der Waals surface area contributed by atoms with Gasteiger partial charge in [-0.05, 0) is 10.8 Å². The maximum atomic E-state index is 5.61. The Bertz CT molecular complexity index is 319. The van der Waals surface area contributed by atoms with Gasteiger partial charge >= 0.3 is 0 Å². The van der Waals surface area contributed by atoms with E-state index in [0.29, 0.717) is 0 Å². The van der Waals surface area contributed by atoms with Crippen LogP contribution in [0.1, 0.15) is 0 Å². The summed E-state index contributed by atoms with van der Waals surface area (Å²) >= 11 is 0. The molecule has 3 heteroatoms. The summed E-state index contributed by atoms with van der Waals surface area (Å²) in [6, 6.07) is 16.7. The molecular formula is C10H11N3. The van der Waals surface area contributed by atoms with Gasteiger partial charge in [0.15, 0.2) is 0 Å². The first kappa shape index (κ1) is 9.19. The molecule has 0 unspecified atom stereocenters. The molecule has 0 aliphatic carbocycles. The van der Waals surface area contributed by atoms with Gasteiger partial charge in [0.2, 0.25) is 0 Å². The Morgan fingerprint density at radius 2 is 1.08 bits per heavy atom. The summed E-state index contributed by atoms with van der Waals surface area (Å²) in [5, 5.41) is 4.87. The zero-order valence-electron chi connectivity index (χ0n) is 7.14. The molecule has 0 aliphatic heterocycles. The maximum absolute atomic E-state index is 5.61. The minimum atomic E-state index is 1.31. The summed E-state index contributed by atoms with van der Waals surface area (Å²) in [5.41, 5.74) is 5.61. The van der Waals surface area contributed by atoms with Crippen LogP contribution >= 0.6 is 0 Å². The molecule has 0 bridgehead atoms. The summed E-state index contributed by atoms with van der Waals surface area (Å²) in [6.07, 6.45) is 0. The quantitative estimate of drug-likeness (QED) is 0.359. The van der Waals surface area contributed by atoms with Crippen molar-refractivity contribution in [2.24, 2.45) is 11.1 Å². The zero-order valence-corrected chi connectivity index (χ0v) is 7.14. The lowest BCUT2D eigenvalue weighted by molar-refractivity contribution is 0.991. The molecule has 3 nitrogen and oxygen atoms in total. The highest BCUT2D eigenvalue weighted by Gasteiger charge is 1.85. The lowest BCUT2D eigenvalue weighted by Gasteiger charge is -1.92. The molecule has 2 aromatic carbocycles. The summed E-state index contributed by atoms with van der Waals surface area (Å²) in [5.74, 6) is 4.14. The lowest BCUT2D eigenvalue weighted by atomic mass is 10.1. The molecule has 0 amide bonds. The Balaban J connectivity index is 0.000000251. The van der Waals surface area contributed by atoms with Crippen LogP contribution in [0.15, 0.2) is 53.8 Å². The van der Waals surface area contributed by atoms with Gasteiger partial charge in [0.05, 0.1) is 0 Å². The Kier molecular flexibility index (Phi) is 3.45. The van der Waals surface area contributed by atoms with E-state index in [0.717, 1.165) is 0 Å². The third kappa shape index (κ3) is 2.56. The van der Waals surface area contributed by atoms with Gasteiger partial charge in [-0.25, -0.2) is 0 Å². The minimum absolute atomic E-state index is 1.31. The molecule has 0 saturated heterocycles. The SMILES string of the molecule is N=NN.c1ccc2ccccc2c1. The van der Waals surface area contributed by atoms with Crippen molar-refractivity contribution in [1.29, 1.82) is 5.53 Å². The van der Waals surface area contributed by atoms with Crippen molar-refractivity contribution >= 4 is 10.8 Å². The Labute approximate surface area is 76.7 Å². The second-order valence-corrected chi connectivity index (χ2v) is 2.48. The van der Waals surface area contributed by atoms with E-state index in [1.54, 1.807) is 0 Å². The number of hydrogen-bond acceptors (Lipinski definition) is 2. The molecule has 2 rings (SSSR count). The molecule has 66 valence electrons. The van der Waals surface area contributed by atoms with Crippen molar-refractivity contribution in [3.63, 3.8) is 0 Å². The van der Waals surface area contributed by atoms with Crippen molar-refractivity contribution in [3.8, 4) is 0 Å². The first-order valence-electron chi connectivity index (χ1n) is 3.89. The highest BCUT2D eigenvalue weighted by atomic mass is 15.2. The fraction of sp³-hybridized carbons (Fsp3) is 0. The zero-order chi connectivity index (χ0) is 9.52. The minimum Gasteiger partial charge on any atom is -0.305 e. The molecule has 0 aromatic heterocycles. The van der Waals surface area contributed by atoms with Crippen LogP contribution in [0.4, 0.5) is 0 Å². The summed E-state index contributed by atoms with van der Waals surface area (Å²) < 4.78 is 0. The van der Waals surface area contributed by atoms with E-state index in [2.05, 4.69) is 59.6 Å². The summed E-state index contributed by atoms with van der Waals surface area (Å²) in [6.45, 7) is 0. The normalized spacial score (nSPS) is 8.62. The van der Waals surface area contributed by atoms with Crippen molar-refractivity contribution in [3.05, 3.63) is 48.5 Å². The van der Waals surface area contributed by atoms with E-state index >= 15 is 0 Å². The smallest absolute Gasteiger partial charge is 0.0184 e. The Morgan fingerprint density at radius 1 is 0.846 bits per heavy atom. The molecule has 0 fully saturated rings. The van der Waals surface area contributed by atoms with Gasteiger partial charge < -0.3 is 5.84 Å². The third-order valence-corrected chi connectivity index (χ3v) is 1.66. The predicted molar refractivity (Wildman–Crippen MR) is 53.3 cm³/mol. The van der Waals surface area contributed by atoms with Crippen molar-refractivity contribution in [1.82, 2.24) is 0 Å². The molecule has 0 spiro atoms. The second-order valence-electron chi connectivity index (χ2n) is 2.48. The van der Waals surface area contributed by atoms with Gasteiger partial charge in [0.25, 0.3) is 0 Å². The number of nitrogens with zero attached hydrogens (tertiary/aromatic N) is 1. The van der Waals surface area contributed by atoms with Crippen LogP contribution in [0.5, 0.6) is 0 Å². The van der Waals surface area contributed by atoms with Gasteiger partial charge in [-0.15, -0.1) is 0 Å². The fourth-order valence-corrected chi connectivity index (χ4v) is 1.13. The molecule has 0 aliphatic rings. The van der Waals surface area contributed by atoms with Crippen LogP contribution < -0.4 is 5.84 Å². The number of rotatable bonds is 0. The van der Waals surface area contributed by atoms with Gasteiger partial charge in [-0.2, -0.15) is 5.53 Å². The molecule has 2 aromatic rings. The highest BCUT2D eigenvalue weighted by molar-refractivity contribution is 5.81. The van der Waals surface area contributed by atoms with Crippen LogP contribution in [0, 0.1) is 5.53 Å². The van der Waals surface area contributed by atoms with Gasteiger partial charge in [-0.1, -0.05) is 53.8 Å².